The number of nitrogens with zero attached hydrogens (tertiary/aromatic N) is 4. The number of hydrogen-bond acceptors (Lipinski definition) is 6. The third kappa shape index (κ3) is 3.10. The summed E-state index contributed by atoms with van der Waals surface area (Å²) in [6.07, 6.45) is 9.75. The molecule has 164 valence electrons. The molecule has 3 aliphatic rings. The number of amides is 1. The molecule has 1 aromatic carbocycles. The molecule has 2 aliphatic carbocycles. The van der Waals surface area contributed by atoms with Gasteiger partial charge >= 0.3 is 6.09 Å². The SMILES string of the molecule is [2H]C([2H])([2H])N1C(=O)OCc2cc(-c3cncc(C4CCC(C)(c5ncno5)C4)c3C3CC3)ccc21. The topological polar surface area (TPSA) is 81.4 Å². The maximum Gasteiger partial charge on any atom is 0.414 e. The van der Waals surface area contributed by atoms with Gasteiger partial charge in [-0.3, -0.25) is 9.88 Å². The highest BCUT2D eigenvalue weighted by molar-refractivity contribution is 5.90. The lowest BCUT2D eigenvalue weighted by Crippen LogP contribution is -2.31. The number of ether oxygens (including phenoxy) is 1. The molecule has 0 saturated heterocycles. The van der Waals surface area contributed by atoms with Crippen molar-refractivity contribution in [3.63, 3.8) is 0 Å². The van der Waals surface area contributed by atoms with Crippen molar-refractivity contribution in [2.75, 3.05) is 11.9 Å². The lowest BCUT2D eigenvalue weighted by atomic mass is 9.83. The summed E-state index contributed by atoms with van der Waals surface area (Å²) in [6, 6.07) is 5.54. The quantitative estimate of drug-likeness (QED) is 0.554. The fourth-order valence-electron chi connectivity index (χ4n) is 5.40. The number of benzene rings is 1. The first-order valence-electron chi connectivity index (χ1n) is 12.6. The molecule has 3 heterocycles. The first-order chi connectivity index (χ1) is 16.7. The van der Waals surface area contributed by atoms with Crippen molar-refractivity contribution >= 4 is 11.8 Å². The van der Waals surface area contributed by atoms with Gasteiger partial charge in [-0.1, -0.05) is 18.1 Å². The average Bonchev–Trinajstić information content (AvgIpc) is 3.34. The van der Waals surface area contributed by atoms with Gasteiger partial charge in [-0.25, -0.2) is 4.79 Å². The van der Waals surface area contributed by atoms with Gasteiger partial charge in [0.05, 0.1) is 5.69 Å². The van der Waals surface area contributed by atoms with E-state index in [0.29, 0.717) is 29.0 Å². The van der Waals surface area contributed by atoms with Crippen LogP contribution >= 0.6 is 0 Å². The molecule has 2 saturated carbocycles. The van der Waals surface area contributed by atoms with E-state index < -0.39 is 13.1 Å². The molecule has 2 fully saturated rings. The molecule has 2 unspecified atom stereocenters. The van der Waals surface area contributed by atoms with Gasteiger partial charge in [0.2, 0.25) is 5.89 Å². The van der Waals surface area contributed by atoms with Gasteiger partial charge < -0.3 is 9.26 Å². The second-order valence-corrected chi connectivity index (χ2v) is 9.44. The van der Waals surface area contributed by atoms with E-state index in [1.165, 1.54) is 17.5 Å². The summed E-state index contributed by atoms with van der Waals surface area (Å²) >= 11 is 0. The number of carbonyl (C=O) groups excluding carboxylic acids is 1. The molecule has 1 amide bonds. The van der Waals surface area contributed by atoms with Crippen molar-refractivity contribution < 1.29 is 18.2 Å². The zero-order chi connectivity index (χ0) is 24.4. The van der Waals surface area contributed by atoms with Crippen molar-refractivity contribution in [1.82, 2.24) is 15.1 Å². The molecule has 7 nitrogen and oxygen atoms in total. The molecule has 0 radical (unpaired) electrons. The van der Waals surface area contributed by atoms with Crippen LogP contribution in [0.1, 0.15) is 77.6 Å². The number of rotatable bonds is 4. The summed E-state index contributed by atoms with van der Waals surface area (Å²) in [5.74, 6) is 1.53. The number of cyclic esters (lactones) is 1. The van der Waals surface area contributed by atoms with Crippen LogP contribution in [0.25, 0.3) is 11.1 Å². The normalized spacial score (nSPS) is 26.8. The molecule has 0 bridgehead atoms. The number of pyridine rings is 1. The number of aromatic nitrogens is 3. The number of anilines is 1. The van der Waals surface area contributed by atoms with E-state index in [0.717, 1.165) is 48.1 Å². The van der Waals surface area contributed by atoms with Crippen molar-refractivity contribution in [3.05, 3.63) is 59.5 Å². The van der Waals surface area contributed by atoms with E-state index in [9.17, 15) is 4.79 Å². The minimum Gasteiger partial charge on any atom is -0.444 e. The summed E-state index contributed by atoms with van der Waals surface area (Å²) in [7, 11) is 0. The van der Waals surface area contributed by atoms with Gasteiger partial charge in [-0.2, -0.15) is 4.98 Å². The second kappa shape index (κ2) is 7.15. The van der Waals surface area contributed by atoms with Gasteiger partial charge in [0.25, 0.3) is 0 Å². The first-order valence-corrected chi connectivity index (χ1v) is 11.1. The highest BCUT2D eigenvalue weighted by atomic mass is 16.6. The molecule has 7 heteroatoms. The maximum atomic E-state index is 12.2. The lowest BCUT2D eigenvalue weighted by Gasteiger charge is -2.26. The van der Waals surface area contributed by atoms with E-state index in [1.54, 1.807) is 6.07 Å². The second-order valence-electron chi connectivity index (χ2n) is 9.44. The Labute approximate surface area is 191 Å². The highest BCUT2D eigenvalue weighted by Crippen LogP contribution is 2.53. The Hall–Kier alpha value is -3.22. The molecule has 1 aliphatic heterocycles. The number of carbonyl (C=O) groups is 1. The van der Waals surface area contributed by atoms with Crippen molar-refractivity contribution in [1.29, 1.82) is 0 Å². The predicted molar refractivity (Wildman–Crippen MR) is 118 cm³/mol. The van der Waals surface area contributed by atoms with Crippen molar-refractivity contribution in [2.24, 2.45) is 0 Å². The van der Waals surface area contributed by atoms with E-state index >= 15 is 0 Å². The Bertz CT molecular complexity index is 1290. The van der Waals surface area contributed by atoms with E-state index in [-0.39, 0.29) is 12.0 Å². The molecule has 32 heavy (non-hydrogen) atoms. The summed E-state index contributed by atoms with van der Waals surface area (Å²) in [4.78, 5) is 21.9. The third-order valence-corrected chi connectivity index (χ3v) is 7.23. The van der Waals surface area contributed by atoms with Crippen LogP contribution in [0.5, 0.6) is 0 Å². The summed E-state index contributed by atoms with van der Waals surface area (Å²) in [5, 5.41) is 3.81. The summed E-state index contributed by atoms with van der Waals surface area (Å²) in [6.45, 7) is -0.371. The maximum absolute atomic E-state index is 12.2. The van der Waals surface area contributed by atoms with Crippen LogP contribution in [0.15, 0.2) is 41.4 Å². The minimum absolute atomic E-state index is 0.0473. The Morgan fingerprint density at radius 3 is 2.91 bits per heavy atom. The largest absolute Gasteiger partial charge is 0.444 e. The van der Waals surface area contributed by atoms with Gasteiger partial charge in [0.15, 0.2) is 6.33 Å². The number of fused-ring (bicyclic) bond motifs is 1. The fraction of sp³-hybridized carbons (Fsp3) is 0.440. The van der Waals surface area contributed by atoms with Gasteiger partial charge in [-0.05, 0) is 72.8 Å². The van der Waals surface area contributed by atoms with Gasteiger partial charge in [-0.15, -0.1) is 0 Å². The monoisotopic (exact) mass is 433 g/mol. The van der Waals surface area contributed by atoms with Crippen molar-refractivity contribution in [3.8, 4) is 11.1 Å². The molecule has 3 aromatic rings. The molecule has 0 N–H and O–H groups in total. The molecule has 2 aromatic heterocycles. The molecular formula is C25H26N4O3. The van der Waals surface area contributed by atoms with E-state index in [4.69, 9.17) is 13.4 Å². The van der Waals surface area contributed by atoms with Crippen LogP contribution in [0, 0.1) is 0 Å². The highest BCUT2D eigenvalue weighted by Gasteiger charge is 2.43. The van der Waals surface area contributed by atoms with Crippen molar-refractivity contribution in [2.45, 2.75) is 62.9 Å². The number of hydrogen-bond donors (Lipinski definition) is 0. The van der Waals surface area contributed by atoms with Gasteiger partial charge in [0, 0.05) is 40.0 Å². The zero-order valence-electron chi connectivity index (χ0n) is 20.9. The van der Waals surface area contributed by atoms with Gasteiger partial charge in [0.1, 0.15) is 6.61 Å². The van der Waals surface area contributed by atoms with Crippen LogP contribution in [0.4, 0.5) is 10.5 Å². The lowest BCUT2D eigenvalue weighted by molar-refractivity contribution is 0.143. The standard InChI is InChI=1S/C25H26N4O3/c1-25(23-27-14-28-32-23)8-7-17(10-25)20-12-26-11-19(22(20)15-3-4-15)16-5-6-21-18(9-16)13-31-24(30)29(21)2/h5-6,9,11-12,14-15,17H,3-4,7-8,10,13H2,1-2H3/i2D3. The predicted octanol–water partition coefficient (Wildman–Crippen LogP) is 5.32. The molecule has 2 atom stereocenters. The van der Waals surface area contributed by atoms with E-state index in [1.807, 2.05) is 24.5 Å². The Morgan fingerprint density at radius 1 is 1.22 bits per heavy atom. The van der Waals surface area contributed by atoms with Crippen LogP contribution < -0.4 is 4.90 Å². The van der Waals surface area contributed by atoms with Crippen LogP contribution in [0.2, 0.25) is 0 Å². The third-order valence-electron chi connectivity index (χ3n) is 7.23. The zero-order valence-corrected chi connectivity index (χ0v) is 17.9. The Balaban J connectivity index is 1.38. The van der Waals surface area contributed by atoms with Crippen LogP contribution in [-0.2, 0) is 16.8 Å². The summed E-state index contributed by atoms with van der Waals surface area (Å²) in [5.41, 5.74) is 5.54. The Morgan fingerprint density at radius 2 is 2.12 bits per heavy atom. The fourth-order valence-corrected chi connectivity index (χ4v) is 5.40. The van der Waals surface area contributed by atoms with Crippen LogP contribution in [0.3, 0.4) is 0 Å². The van der Waals surface area contributed by atoms with Crippen LogP contribution in [-0.4, -0.2) is 28.2 Å². The molecule has 0 spiro atoms. The smallest absolute Gasteiger partial charge is 0.414 e. The Kier molecular flexibility index (Phi) is 3.67. The van der Waals surface area contributed by atoms with E-state index in [2.05, 4.69) is 22.0 Å². The summed E-state index contributed by atoms with van der Waals surface area (Å²) < 4.78 is 33.8. The molecular weight excluding hydrogens is 404 g/mol. The average molecular weight is 434 g/mol. The minimum atomic E-state index is -2.61. The molecule has 6 rings (SSSR count). The first kappa shape index (κ1) is 16.4.